The highest BCUT2D eigenvalue weighted by atomic mass is 19.1. The molecule has 1 saturated heterocycles. The summed E-state index contributed by atoms with van der Waals surface area (Å²) < 4.78 is 19.8. The lowest BCUT2D eigenvalue weighted by atomic mass is 9.93. The Bertz CT molecular complexity index is 1130. The van der Waals surface area contributed by atoms with Crippen LogP contribution in [0.3, 0.4) is 0 Å². The highest BCUT2D eigenvalue weighted by Gasteiger charge is 2.25. The third-order valence-corrected chi connectivity index (χ3v) is 7.78. The van der Waals surface area contributed by atoms with Crippen LogP contribution >= 0.6 is 0 Å². The van der Waals surface area contributed by atoms with Crippen LogP contribution in [0.2, 0.25) is 0 Å². The standard InChI is InChI=1S/C31H38FN3O2/c32-26-11-7-10-25(20-26)22-35(28-12-5-2-6-13-28)23-29-14-15-30(37-29)31(36)33-27-16-18-34(19-17-27)21-24-8-3-1-4-9-24/h1,3-4,7-11,14-15,20,27-28H,2,5-6,12-13,16-19,21-23H2,(H,33,36). The largest absolute Gasteiger partial charge is 0.455 e. The van der Waals surface area contributed by atoms with Crippen LogP contribution in [0.4, 0.5) is 4.39 Å². The van der Waals surface area contributed by atoms with Gasteiger partial charge in [0.15, 0.2) is 5.76 Å². The lowest BCUT2D eigenvalue weighted by Crippen LogP contribution is -2.44. The number of benzene rings is 2. The number of rotatable bonds is 9. The number of hydrogen-bond acceptors (Lipinski definition) is 4. The van der Waals surface area contributed by atoms with E-state index in [9.17, 15) is 9.18 Å². The summed E-state index contributed by atoms with van der Waals surface area (Å²) in [6.07, 6.45) is 7.89. The van der Waals surface area contributed by atoms with Gasteiger partial charge in [0.1, 0.15) is 11.6 Å². The van der Waals surface area contributed by atoms with E-state index in [0.29, 0.717) is 24.9 Å². The van der Waals surface area contributed by atoms with E-state index in [1.165, 1.54) is 30.9 Å². The molecular formula is C31H38FN3O2. The molecule has 1 aliphatic heterocycles. The molecule has 5 rings (SSSR count). The maximum atomic E-state index is 13.8. The maximum Gasteiger partial charge on any atom is 0.287 e. The van der Waals surface area contributed by atoms with Crippen LogP contribution in [0.25, 0.3) is 0 Å². The van der Waals surface area contributed by atoms with Crippen LogP contribution in [0.5, 0.6) is 0 Å². The number of amides is 1. The smallest absolute Gasteiger partial charge is 0.287 e. The van der Waals surface area contributed by atoms with Gasteiger partial charge in [0.05, 0.1) is 6.54 Å². The summed E-state index contributed by atoms with van der Waals surface area (Å²) in [6, 6.07) is 21.7. The molecule has 2 aliphatic rings. The first-order chi connectivity index (χ1) is 18.1. The van der Waals surface area contributed by atoms with Crippen molar-refractivity contribution in [3.05, 3.63) is 95.2 Å². The molecule has 5 nitrogen and oxygen atoms in total. The number of halogens is 1. The number of nitrogens with zero attached hydrogens (tertiary/aromatic N) is 2. The summed E-state index contributed by atoms with van der Waals surface area (Å²) in [5, 5.41) is 3.18. The van der Waals surface area contributed by atoms with Crippen molar-refractivity contribution in [1.29, 1.82) is 0 Å². The summed E-state index contributed by atoms with van der Waals surface area (Å²) in [6.45, 7) is 4.19. The van der Waals surface area contributed by atoms with Gasteiger partial charge >= 0.3 is 0 Å². The Morgan fingerprint density at radius 2 is 1.65 bits per heavy atom. The van der Waals surface area contributed by atoms with Crippen LogP contribution in [-0.2, 0) is 19.6 Å². The Morgan fingerprint density at radius 3 is 2.41 bits per heavy atom. The summed E-state index contributed by atoms with van der Waals surface area (Å²) in [4.78, 5) is 17.8. The Hall–Kier alpha value is -2.96. The van der Waals surface area contributed by atoms with Gasteiger partial charge in [-0.25, -0.2) is 4.39 Å². The van der Waals surface area contributed by atoms with Gasteiger partial charge in [-0.2, -0.15) is 0 Å². The van der Waals surface area contributed by atoms with E-state index in [2.05, 4.69) is 39.4 Å². The van der Waals surface area contributed by atoms with Crippen molar-refractivity contribution in [3.8, 4) is 0 Å². The molecule has 3 aromatic rings. The molecule has 2 heterocycles. The van der Waals surface area contributed by atoms with E-state index >= 15 is 0 Å². The van der Waals surface area contributed by atoms with Crippen molar-refractivity contribution in [2.24, 2.45) is 0 Å². The Kier molecular flexibility index (Phi) is 8.69. The van der Waals surface area contributed by atoms with E-state index < -0.39 is 0 Å². The summed E-state index contributed by atoms with van der Waals surface area (Å²) in [7, 11) is 0. The summed E-state index contributed by atoms with van der Waals surface area (Å²) in [5.74, 6) is 0.812. The fourth-order valence-electron chi connectivity index (χ4n) is 5.75. The molecule has 6 heteroatoms. The molecule has 0 radical (unpaired) electrons. The highest BCUT2D eigenvalue weighted by Crippen LogP contribution is 2.26. The van der Waals surface area contributed by atoms with Crippen molar-refractivity contribution in [2.45, 2.75) is 76.7 Å². The Balaban J connectivity index is 1.15. The Labute approximate surface area is 219 Å². The average Bonchev–Trinajstić information content (AvgIpc) is 3.39. The van der Waals surface area contributed by atoms with Crippen LogP contribution in [0.1, 0.15) is 72.4 Å². The highest BCUT2D eigenvalue weighted by molar-refractivity contribution is 5.91. The van der Waals surface area contributed by atoms with Gasteiger partial charge < -0.3 is 9.73 Å². The molecule has 196 valence electrons. The SMILES string of the molecule is O=C(NC1CCN(Cc2ccccc2)CC1)c1ccc(CN(Cc2cccc(F)c2)C2CCCCC2)o1. The number of hydrogen-bond donors (Lipinski definition) is 1. The van der Waals surface area contributed by atoms with Crippen LogP contribution < -0.4 is 5.32 Å². The normalized spacial score (nSPS) is 17.8. The van der Waals surface area contributed by atoms with Crippen molar-refractivity contribution < 1.29 is 13.6 Å². The fraction of sp³-hybridized carbons (Fsp3) is 0.452. The zero-order valence-corrected chi connectivity index (χ0v) is 21.6. The minimum absolute atomic E-state index is 0.137. The number of likely N-dealkylation sites (tertiary alicyclic amines) is 1. The predicted octanol–water partition coefficient (Wildman–Crippen LogP) is 6.15. The van der Waals surface area contributed by atoms with Gasteiger partial charge in [0.25, 0.3) is 5.91 Å². The van der Waals surface area contributed by atoms with Gasteiger partial charge in [0.2, 0.25) is 0 Å². The number of carbonyl (C=O) groups excluding carboxylic acids is 1. The molecule has 1 amide bonds. The van der Waals surface area contributed by atoms with Crippen LogP contribution in [0.15, 0.2) is 71.1 Å². The molecular weight excluding hydrogens is 465 g/mol. The molecule has 2 fully saturated rings. The predicted molar refractivity (Wildman–Crippen MR) is 143 cm³/mol. The monoisotopic (exact) mass is 503 g/mol. The number of piperidine rings is 1. The zero-order chi connectivity index (χ0) is 25.5. The molecule has 0 unspecified atom stereocenters. The first kappa shape index (κ1) is 25.7. The fourth-order valence-corrected chi connectivity index (χ4v) is 5.75. The summed E-state index contributed by atoms with van der Waals surface area (Å²) in [5.41, 5.74) is 2.29. The minimum atomic E-state index is -0.205. The quantitative estimate of drug-likeness (QED) is 0.381. The third kappa shape index (κ3) is 7.30. The van der Waals surface area contributed by atoms with E-state index in [-0.39, 0.29) is 17.8 Å². The van der Waals surface area contributed by atoms with Gasteiger partial charge in [-0.3, -0.25) is 14.6 Å². The van der Waals surface area contributed by atoms with E-state index in [1.807, 2.05) is 18.2 Å². The second-order valence-electron chi connectivity index (χ2n) is 10.6. The lowest BCUT2D eigenvalue weighted by Gasteiger charge is -2.34. The van der Waals surface area contributed by atoms with Gasteiger partial charge in [-0.15, -0.1) is 0 Å². The van der Waals surface area contributed by atoms with E-state index in [1.54, 1.807) is 18.2 Å². The second-order valence-corrected chi connectivity index (χ2v) is 10.6. The maximum absolute atomic E-state index is 13.8. The van der Waals surface area contributed by atoms with Crippen LogP contribution in [0, 0.1) is 5.82 Å². The number of nitrogens with one attached hydrogen (secondary N) is 1. The molecule has 0 atom stereocenters. The van der Waals surface area contributed by atoms with Crippen molar-refractivity contribution in [2.75, 3.05) is 13.1 Å². The van der Waals surface area contributed by atoms with Gasteiger partial charge in [0, 0.05) is 38.3 Å². The molecule has 0 spiro atoms. The second kappa shape index (κ2) is 12.5. The zero-order valence-electron chi connectivity index (χ0n) is 21.6. The van der Waals surface area contributed by atoms with Crippen LogP contribution in [-0.4, -0.2) is 40.9 Å². The molecule has 1 aromatic heterocycles. The molecule has 1 N–H and O–H groups in total. The molecule has 37 heavy (non-hydrogen) atoms. The number of carbonyl (C=O) groups is 1. The summed E-state index contributed by atoms with van der Waals surface area (Å²) >= 11 is 0. The minimum Gasteiger partial charge on any atom is -0.455 e. The average molecular weight is 504 g/mol. The number of furan rings is 1. The van der Waals surface area contributed by atoms with E-state index in [0.717, 1.165) is 56.6 Å². The topological polar surface area (TPSA) is 48.7 Å². The molecule has 2 aromatic carbocycles. The van der Waals surface area contributed by atoms with Crippen molar-refractivity contribution in [1.82, 2.24) is 15.1 Å². The molecule has 0 bridgehead atoms. The first-order valence-electron chi connectivity index (χ1n) is 13.8. The van der Waals surface area contributed by atoms with E-state index in [4.69, 9.17) is 4.42 Å². The van der Waals surface area contributed by atoms with Gasteiger partial charge in [-0.05, 0) is 61.1 Å². The first-order valence-corrected chi connectivity index (χ1v) is 13.8. The molecule has 1 aliphatic carbocycles. The van der Waals surface area contributed by atoms with Crippen molar-refractivity contribution >= 4 is 5.91 Å². The third-order valence-electron chi connectivity index (χ3n) is 7.78. The Morgan fingerprint density at radius 1 is 0.892 bits per heavy atom. The van der Waals surface area contributed by atoms with Crippen molar-refractivity contribution in [3.63, 3.8) is 0 Å². The lowest BCUT2D eigenvalue weighted by molar-refractivity contribution is 0.0872. The van der Waals surface area contributed by atoms with Gasteiger partial charge in [-0.1, -0.05) is 61.7 Å². The molecule has 1 saturated carbocycles.